The number of ether oxygens (including phenoxy) is 4. The molecule has 0 N–H and O–H groups in total. The van der Waals surface area contributed by atoms with Crippen molar-refractivity contribution >= 4 is 5.91 Å². The fourth-order valence-electron chi connectivity index (χ4n) is 4.29. The monoisotopic (exact) mass is 433 g/mol. The van der Waals surface area contributed by atoms with Gasteiger partial charge in [-0.1, -0.05) is 24.3 Å². The maximum absolute atomic E-state index is 13.6. The van der Waals surface area contributed by atoms with Gasteiger partial charge in [-0.25, -0.2) is 0 Å². The molecule has 0 aromatic heterocycles. The van der Waals surface area contributed by atoms with Crippen LogP contribution in [0.1, 0.15) is 33.1 Å². The molecule has 0 aliphatic carbocycles. The van der Waals surface area contributed by atoms with Gasteiger partial charge in [0, 0.05) is 12.1 Å². The third kappa shape index (κ3) is 3.84. The van der Waals surface area contributed by atoms with E-state index in [1.807, 2.05) is 65.6 Å². The van der Waals surface area contributed by atoms with Crippen molar-refractivity contribution in [3.8, 4) is 23.0 Å². The second kappa shape index (κ2) is 9.22. The van der Waals surface area contributed by atoms with Crippen LogP contribution >= 0.6 is 0 Å². The number of nitrogens with zero attached hydrogens (tertiary/aromatic N) is 1. The molecule has 0 unspecified atom stereocenters. The van der Waals surface area contributed by atoms with Gasteiger partial charge in [0.05, 0.1) is 34.5 Å². The maximum Gasteiger partial charge on any atom is 0.254 e. The van der Waals surface area contributed by atoms with Gasteiger partial charge in [0.1, 0.15) is 0 Å². The zero-order valence-corrected chi connectivity index (χ0v) is 18.8. The predicted octanol–water partition coefficient (Wildman–Crippen LogP) is 4.51. The number of benzene rings is 3. The normalized spacial score (nSPS) is 15.0. The summed E-state index contributed by atoms with van der Waals surface area (Å²) in [4.78, 5) is 15.5. The molecule has 1 aliphatic rings. The van der Waals surface area contributed by atoms with Crippen LogP contribution in [0.5, 0.6) is 23.0 Å². The van der Waals surface area contributed by atoms with Gasteiger partial charge in [0.2, 0.25) is 0 Å². The average Bonchev–Trinajstić information content (AvgIpc) is 2.86. The maximum atomic E-state index is 13.6. The molecular formula is C26H27NO5. The summed E-state index contributed by atoms with van der Waals surface area (Å²) in [7, 11) is 6.46. The molecule has 0 spiro atoms. The van der Waals surface area contributed by atoms with Crippen LogP contribution in [-0.4, -0.2) is 45.8 Å². The number of carbonyl (C=O) groups is 1. The molecule has 3 aromatic carbocycles. The Balaban J connectivity index is 1.88. The smallest absolute Gasteiger partial charge is 0.254 e. The molecular weight excluding hydrogens is 406 g/mol. The fraction of sp³-hybridized carbons (Fsp3) is 0.269. The predicted molar refractivity (Wildman–Crippen MR) is 122 cm³/mol. The Morgan fingerprint density at radius 3 is 2.06 bits per heavy atom. The van der Waals surface area contributed by atoms with Crippen molar-refractivity contribution in [2.24, 2.45) is 0 Å². The number of fused-ring (bicyclic) bond motifs is 1. The van der Waals surface area contributed by atoms with Crippen LogP contribution in [0.4, 0.5) is 0 Å². The fourth-order valence-corrected chi connectivity index (χ4v) is 4.29. The summed E-state index contributed by atoms with van der Waals surface area (Å²) in [6.45, 7) is 0.579. The summed E-state index contributed by atoms with van der Waals surface area (Å²) in [6.07, 6.45) is 0.720. The highest BCUT2D eigenvalue weighted by Crippen LogP contribution is 2.43. The van der Waals surface area contributed by atoms with Crippen molar-refractivity contribution < 1.29 is 23.7 Å². The first kappa shape index (κ1) is 21.6. The number of amides is 1. The highest BCUT2D eigenvalue weighted by molar-refractivity contribution is 5.95. The van der Waals surface area contributed by atoms with Crippen LogP contribution in [0.15, 0.2) is 60.7 Å². The zero-order valence-electron chi connectivity index (χ0n) is 18.8. The molecule has 4 rings (SSSR count). The van der Waals surface area contributed by atoms with E-state index in [2.05, 4.69) is 0 Å². The second-order valence-electron chi connectivity index (χ2n) is 7.54. The first-order chi connectivity index (χ1) is 15.6. The zero-order chi connectivity index (χ0) is 22.7. The van der Waals surface area contributed by atoms with Gasteiger partial charge in [0.15, 0.2) is 23.0 Å². The molecule has 1 heterocycles. The lowest BCUT2D eigenvalue weighted by Gasteiger charge is -2.38. The lowest BCUT2D eigenvalue weighted by molar-refractivity contribution is 0.0694. The summed E-state index contributed by atoms with van der Waals surface area (Å²) >= 11 is 0. The van der Waals surface area contributed by atoms with Crippen molar-refractivity contribution in [2.75, 3.05) is 35.0 Å². The van der Waals surface area contributed by atoms with Crippen LogP contribution in [0.3, 0.4) is 0 Å². The van der Waals surface area contributed by atoms with E-state index in [1.54, 1.807) is 28.4 Å². The van der Waals surface area contributed by atoms with Gasteiger partial charge in [-0.2, -0.15) is 0 Å². The molecule has 0 fully saturated rings. The van der Waals surface area contributed by atoms with Crippen molar-refractivity contribution in [2.45, 2.75) is 12.5 Å². The summed E-state index contributed by atoms with van der Waals surface area (Å²) in [5.74, 6) is 2.54. The third-order valence-electron chi connectivity index (χ3n) is 5.88. The molecule has 6 nitrogen and oxygen atoms in total. The Kier molecular flexibility index (Phi) is 6.21. The van der Waals surface area contributed by atoms with E-state index in [0.29, 0.717) is 35.1 Å². The molecule has 1 aliphatic heterocycles. The number of methoxy groups -OCH3 is 4. The van der Waals surface area contributed by atoms with Gasteiger partial charge < -0.3 is 23.8 Å². The lowest BCUT2D eigenvalue weighted by Crippen LogP contribution is -2.40. The summed E-state index contributed by atoms with van der Waals surface area (Å²) in [6, 6.07) is 18.8. The van der Waals surface area contributed by atoms with Crippen molar-refractivity contribution in [1.29, 1.82) is 0 Å². The van der Waals surface area contributed by atoms with Crippen LogP contribution in [-0.2, 0) is 6.42 Å². The Labute approximate surface area is 188 Å². The second-order valence-corrected chi connectivity index (χ2v) is 7.54. The topological polar surface area (TPSA) is 57.2 Å². The first-order valence-electron chi connectivity index (χ1n) is 10.4. The number of carbonyl (C=O) groups excluding carboxylic acids is 1. The number of rotatable bonds is 6. The molecule has 1 atom stereocenters. The van der Waals surface area contributed by atoms with Gasteiger partial charge in [-0.3, -0.25) is 4.79 Å². The molecule has 0 bridgehead atoms. The largest absolute Gasteiger partial charge is 0.493 e. The number of hydrogen-bond donors (Lipinski definition) is 0. The summed E-state index contributed by atoms with van der Waals surface area (Å²) in [5.41, 5.74) is 3.71. The standard InChI is InChI=1S/C26H27NO5/c1-29-21-11-10-19(15-22(21)30-2)25-20-16-24(32-4)23(31-3)14-18(20)12-13-27(25)26(28)17-8-6-5-7-9-17/h5-11,14-16,25H,12-13H2,1-4H3/t25-/m0/s1. The van der Waals surface area contributed by atoms with E-state index in [0.717, 1.165) is 23.1 Å². The lowest BCUT2D eigenvalue weighted by atomic mass is 9.87. The summed E-state index contributed by atoms with van der Waals surface area (Å²) < 4.78 is 22.0. The van der Waals surface area contributed by atoms with Gasteiger partial charge in [-0.05, 0) is 59.5 Å². The van der Waals surface area contributed by atoms with Crippen LogP contribution in [0.2, 0.25) is 0 Å². The minimum atomic E-state index is -0.314. The highest BCUT2D eigenvalue weighted by atomic mass is 16.5. The third-order valence-corrected chi connectivity index (χ3v) is 5.88. The summed E-state index contributed by atoms with van der Waals surface area (Å²) in [5, 5.41) is 0. The van der Waals surface area contributed by atoms with E-state index in [-0.39, 0.29) is 11.9 Å². The number of hydrogen-bond acceptors (Lipinski definition) is 5. The molecule has 0 radical (unpaired) electrons. The Morgan fingerprint density at radius 2 is 1.41 bits per heavy atom. The Bertz CT molecular complexity index is 1110. The van der Waals surface area contributed by atoms with Crippen molar-refractivity contribution in [1.82, 2.24) is 4.90 Å². The Hall–Kier alpha value is -3.67. The van der Waals surface area contributed by atoms with E-state index in [1.165, 1.54) is 0 Å². The van der Waals surface area contributed by atoms with Crippen LogP contribution in [0.25, 0.3) is 0 Å². The first-order valence-corrected chi connectivity index (χ1v) is 10.4. The molecule has 1 amide bonds. The molecule has 0 saturated carbocycles. The molecule has 0 saturated heterocycles. The van der Waals surface area contributed by atoms with Crippen molar-refractivity contribution in [3.05, 3.63) is 82.9 Å². The molecule has 32 heavy (non-hydrogen) atoms. The van der Waals surface area contributed by atoms with E-state index >= 15 is 0 Å². The average molecular weight is 434 g/mol. The quantitative estimate of drug-likeness (QED) is 0.573. The van der Waals surface area contributed by atoms with Crippen LogP contribution < -0.4 is 18.9 Å². The minimum Gasteiger partial charge on any atom is -0.493 e. The minimum absolute atomic E-state index is 0.0224. The van der Waals surface area contributed by atoms with E-state index in [9.17, 15) is 4.79 Å². The SMILES string of the molecule is COc1ccc([C@H]2c3cc(OC)c(OC)cc3CCN2C(=O)c2ccccc2)cc1OC. The van der Waals surface area contributed by atoms with Crippen molar-refractivity contribution in [3.63, 3.8) is 0 Å². The molecule has 166 valence electrons. The van der Waals surface area contributed by atoms with E-state index in [4.69, 9.17) is 18.9 Å². The van der Waals surface area contributed by atoms with Gasteiger partial charge >= 0.3 is 0 Å². The van der Waals surface area contributed by atoms with E-state index < -0.39 is 0 Å². The van der Waals surface area contributed by atoms with Gasteiger partial charge in [-0.15, -0.1) is 0 Å². The van der Waals surface area contributed by atoms with Gasteiger partial charge in [0.25, 0.3) is 5.91 Å². The Morgan fingerprint density at radius 1 is 0.781 bits per heavy atom. The molecule has 6 heteroatoms. The van der Waals surface area contributed by atoms with Crippen LogP contribution in [0, 0.1) is 0 Å². The molecule has 3 aromatic rings. The highest BCUT2D eigenvalue weighted by Gasteiger charge is 2.34.